The Bertz CT molecular complexity index is 276. The molecule has 18 heavy (non-hydrogen) atoms. The average molecular weight is 255 g/mol. The molecule has 1 saturated carbocycles. The third-order valence-electron chi connectivity index (χ3n) is 4.34. The third kappa shape index (κ3) is 3.98. The summed E-state index contributed by atoms with van der Waals surface area (Å²) in [4.78, 5) is 14.0. The molecule has 0 amide bonds. The third-order valence-corrected chi connectivity index (χ3v) is 4.34. The SMILES string of the molecule is CC1CCC(C(C)C)C(OC(=O)C(C)N(C)C)C1. The molecule has 1 fully saturated rings. The second-order valence-electron chi connectivity index (χ2n) is 6.44. The van der Waals surface area contributed by atoms with E-state index in [0.29, 0.717) is 17.8 Å². The summed E-state index contributed by atoms with van der Waals surface area (Å²) in [5.74, 6) is 1.71. The van der Waals surface area contributed by atoms with Crippen LogP contribution in [-0.2, 0) is 9.53 Å². The maximum absolute atomic E-state index is 12.1. The molecule has 0 bridgehead atoms. The van der Waals surface area contributed by atoms with Crippen LogP contribution < -0.4 is 0 Å². The molecule has 0 N–H and O–H groups in total. The molecule has 4 atom stereocenters. The number of hydrogen-bond donors (Lipinski definition) is 0. The van der Waals surface area contributed by atoms with Crippen LogP contribution in [0, 0.1) is 17.8 Å². The van der Waals surface area contributed by atoms with Gasteiger partial charge in [0.15, 0.2) is 0 Å². The van der Waals surface area contributed by atoms with E-state index in [1.54, 1.807) is 0 Å². The van der Waals surface area contributed by atoms with Gasteiger partial charge in [0.25, 0.3) is 0 Å². The van der Waals surface area contributed by atoms with Crippen LogP contribution >= 0.6 is 0 Å². The maximum Gasteiger partial charge on any atom is 0.323 e. The Morgan fingerprint density at radius 3 is 2.33 bits per heavy atom. The second kappa shape index (κ2) is 6.55. The molecule has 0 aromatic carbocycles. The van der Waals surface area contributed by atoms with E-state index >= 15 is 0 Å². The minimum absolute atomic E-state index is 0.0789. The Morgan fingerprint density at radius 1 is 1.22 bits per heavy atom. The standard InChI is InChI=1S/C15H29NO2/c1-10(2)13-8-7-11(3)9-14(13)18-15(17)12(4)16(5)6/h10-14H,7-9H2,1-6H3. The van der Waals surface area contributed by atoms with Crippen LogP contribution in [0.1, 0.15) is 47.0 Å². The first-order chi connectivity index (χ1) is 8.32. The van der Waals surface area contributed by atoms with Gasteiger partial charge in [0, 0.05) is 0 Å². The van der Waals surface area contributed by atoms with E-state index < -0.39 is 0 Å². The smallest absolute Gasteiger partial charge is 0.323 e. The van der Waals surface area contributed by atoms with Gasteiger partial charge in [0.05, 0.1) is 0 Å². The minimum Gasteiger partial charge on any atom is -0.461 e. The number of carbonyl (C=O) groups excluding carboxylic acids is 1. The molecule has 1 aliphatic carbocycles. The predicted octanol–water partition coefficient (Wildman–Crippen LogP) is 2.94. The molecule has 0 saturated heterocycles. The lowest BCUT2D eigenvalue weighted by Crippen LogP contribution is -2.41. The summed E-state index contributed by atoms with van der Waals surface area (Å²) >= 11 is 0. The molecule has 3 nitrogen and oxygen atoms in total. The van der Waals surface area contributed by atoms with Gasteiger partial charge in [-0.1, -0.05) is 27.2 Å². The lowest BCUT2D eigenvalue weighted by atomic mass is 9.75. The summed E-state index contributed by atoms with van der Waals surface area (Å²) in [5, 5.41) is 0. The number of likely N-dealkylation sites (N-methyl/N-ethyl adjacent to an activating group) is 1. The van der Waals surface area contributed by atoms with Crippen LogP contribution in [0.15, 0.2) is 0 Å². The number of hydrogen-bond acceptors (Lipinski definition) is 3. The van der Waals surface area contributed by atoms with E-state index in [-0.39, 0.29) is 18.1 Å². The quantitative estimate of drug-likeness (QED) is 0.723. The van der Waals surface area contributed by atoms with Crippen molar-refractivity contribution in [3.05, 3.63) is 0 Å². The molecule has 1 aliphatic rings. The Hall–Kier alpha value is -0.570. The monoisotopic (exact) mass is 255 g/mol. The van der Waals surface area contributed by atoms with Gasteiger partial charge in [0.1, 0.15) is 12.1 Å². The fourth-order valence-electron chi connectivity index (χ4n) is 2.71. The molecular formula is C15H29NO2. The van der Waals surface area contributed by atoms with Gasteiger partial charge in [-0.05, 0) is 51.6 Å². The van der Waals surface area contributed by atoms with Crippen LogP contribution in [0.4, 0.5) is 0 Å². The van der Waals surface area contributed by atoms with Crippen molar-refractivity contribution < 1.29 is 9.53 Å². The van der Waals surface area contributed by atoms with Crippen molar-refractivity contribution in [2.45, 2.75) is 59.1 Å². The lowest BCUT2D eigenvalue weighted by molar-refractivity contribution is -0.160. The van der Waals surface area contributed by atoms with Crippen molar-refractivity contribution >= 4 is 5.97 Å². The molecule has 4 unspecified atom stereocenters. The molecule has 0 radical (unpaired) electrons. The van der Waals surface area contributed by atoms with Gasteiger partial charge < -0.3 is 4.74 Å². The van der Waals surface area contributed by atoms with Crippen LogP contribution in [0.3, 0.4) is 0 Å². The first-order valence-corrected chi connectivity index (χ1v) is 7.19. The summed E-state index contributed by atoms with van der Waals surface area (Å²) in [6, 6.07) is -0.157. The zero-order valence-electron chi connectivity index (χ0n) is 12.8. The Kier molecular flexibility index (Phi) is 5.64. The van der Waals surface area contributed by atoms with Gasteiger partial charge >= 0.3 is 5.97 Å². The van der Waals surface area contributed by atoms with Gasteiger partial charge in [-0.15, -0.1) is 0 Å². The van der Waals surface area contributed by atoms with Gasteiger partial charge in [-0.25, -0.2) is 0 Å². The van der Waals surface area contributed by atoms with E-state index in [0.717, 1.165) is 6.42 Å². The lowest BCUT2D eigenvalue weighted by Gasteiger charge is -2.37. The van der Waals surface area contributed by atoms with Crippen LogP contribution in [0.2, 0.25) is 0 Å². The highest BCUT2D eigenvalue weighted by Gasteiger charge is 2.34. The van der Waals surface area contributed by atoms with E-state index in [1.807, 2.05) is 25.9 Å². The average Bonchev–Trinajstić information content (AvgIpc) is 2.27. The number of esters is 1. The zero-order chi connectivity index (χ0) is 13.9. The van der Waals surface area contributed by atoms with Crippen LogP contribution in [0.25, 0.3) is 0 Å². The van der Waals surface area contributed by atoms with Crippen molar-refractivity contribution in [3.8, 4) is 0 Å². The molecule has 0 spiro atoms. The normalized spacial score (nSPS) is 30.6. The highest BCUT2D eigenvalue weighted by atomic mass is 16.5. The number of carbonyl (C=O) groups is 1. The summed E-state index contributed by atoms with van der Waals surface area (Å²) in [6.45, 7) is 8.62. The highest BCUT2D eigenvalue weighted by molar-refractivity contribution is 5.75. The summed E-state index contributed by atoms with van der Waals surface area (Å²) in [6.07, 6.45) is 3.59. The summed E-state index contributed by atoms with van der Waals surface area (Å²) < 4.78 is 5.78. The number of rotatable bonds is 4. The van der Waals surface area contributed by atoms with Gasteiger partial charge in [0.2, 0.25) is 0 Å². The van der Waals surface area contributed by atoms with Crippen molar-refractivity contribution in [3.63, 3.8) is 0 Å². The van der Waals surface area contributed by atoms with E-state index in [1.165, 1.54) is 12.8 Å². The molecule has 0 aromatic heterocycles. The Morgan fingerprint density at radius 2 is 1.83 bits per heavy atom. The van der Waals surface area contributed by atoms with Crippen LogP contribution in [-0.4, -0.2) is 37.1 Å². The Balaban J connectivity index is 2.63. The molecule has 0 aromatic rings. The van der Waals surface area contributed by atoms with Gasteiger partial charge in [-0.2, -0.15) is 0 Å². The number of ether oxygens (including phenoxy) is 1. The number of nitrogens with zero attached hydrogens (tertiary/aromatic N) is 1. The molecular weight excluding hydrogens is 226 g/mol. The summed E-state index contributed by atoms with van der Waals surface area (Å²) in [5.41, 5.74) is 0. The zero-order valence-corrected chi connectivity index (χ0v) is 12.8. The van der Waals surface area contributed by atoms with E-state index in [2.05, 4.69) is 20.8 Å². The first-order valence-electron chi connectivity index (χ1n) is 7.19. The van der Waals surface area contributed by atoms with Crippen molar-refractivity contribution in [2.24, 2.45) is 17.8 Å². The fraction of sp³-hybridized carbons (Fsp3) is 0.933. The molecule has 106 valence electrons. The van der Waals surface area contributed by atoms with Crippen molar-refractivity contribution in [1.29, 1.82) is 0 Å². The van der Waals surface area contributed by atoms with E-state index in [4.69, 9.17) is 4.74 Å². The largest absolute Gasteiger partial charge is 0.461 e. The first kappa shape index (κ1) is 15.5. The summed E-state index contributed by atoms with van der Waals surface area (Å²) in [7, 11) is 3.82. The van der Waals surface area contributed by atoms with Crippen molar-refractivity contribution in [2.75, 3.05) is 14.1 Å². The van der Waals surface area contributed by atoms with Gasteiger partial charge in [-0.3, -0.25) is 9.69 Å². The molecule has 0 aliphatic heterocycles. The highest BCUT2D eigenvalue weighted by Crippen LogP contribution is 2.35. The fourth-order valence-corrected chi connectivity index (χ4v) is 2.71. The maximum atomic E-state index is 12.1. The topological polar surface area (TPSA) is 29.5 Å². The predicted molar refractivity (Wildman–Crippen MR) is 74.4 cm³/mol. The Labute approximate surface area is 112 Å². The van der Waals surface area contributed by atoms with E-state index in [9.17, 15) is 4.79 Å². The second-order valence-corrected chi connectivity index (χ2v) is 6.44. The molecule has 0 heterocycles. The molecule has 3 heteroatoms. The molecule has 1 rings (SSSR count). The van der Waals surface area contributed by atoms with Crippen LogP contribution in [0.5, 0.6) is 0 Å². The van der Waals surface area contributed by atoms with Crippen molar-refractivity contribution in [1.82, 2.24) is 4.90 Å². The minimum atomic E-state index is -0.157.